The summed E-state index contributed by atoms with van der Waals surface area (Å²) in [6.45, 7) is 2.03. The summed E-state index contributed by atoms with van der Waals surface area (Å²) >= 11 is 3.48. The van der Waals surface area contributed by atoms with E-state index in [2.05, 4.69) is 52.3 Å². The highest BCUT2D eigenvalue weighted by molar-refractivity contribution is 9.10. The first-order valence-corrected chi connectivity index (χ1v) is 5.88. The molecule has 0 saturated carbocycles. The van der Waals surface area contributed by atoms with E-state index in [4.69, 9.17) is 5.73 Å². The van der Waals surface area contributed by atoms with Crippen LogP contribution in [-0.2, 0) is 6.42 Å². The molecular weight excluding hydrogens is 250 g/mol. The highest BCUT2D eigenvalue weighted by Gasteiger charge is 2.00. The van der Waals surface area contributed by atoms with E-state index < -0.39 is 0 Å². The second-order valence-electron chi connectivity index (χ2n) is 4.01. The first-order valence-electron chi connectivity index (χ1n) is 5.09. The van der Waals surface area contributed by atoms with Gasteiger partial charge >= 0.3 is 0 Å². The second-order valence-corrected chi connectivity index (χ2v) is 4.92. The smallest absolute Gasteiger partial charge is 0.0181 e. The van der Waals surface area contributed by atoms with E-state index in [-0.39, 0.29) is 6.04 Å². The Kier molecular flexibility index (Phi) is 3.08. The largest absolute Gasteiger partial charge is 0.328 e. The van der Waals surface area contributed by atoms with E-state index in [9.17, 15) is 0 Å². The van der Waals surface area contributed by atoms with Gasteiger partial charge in [-0.15, -0.1) is 0 Å². The molecule has 0 bridgehead atoms. The van der Waals surface area contributed by atoms with E-state index in [0.717, 1.165) is 10.9 Å². The summed E-state index contributed by atoms with van der Waals surface area (Å²) in [5.41, 5.74) is 7.09. The van der Waals surface area contributed by atoms with Crippen LogP contribution in [0, 0.1) is 0 Å². The van der Waals surface area contributed by atoms with Crippen LogP contribution in [-0.4, -0.2) is 6.04 Å². The lowest BCUT2D eigenvalue weighted by molar-refractivity contribution is 0.739. The molecule has 0 heterocycles. The minimum atomic E-state index is 0.217. The van der Waals surface area contributed by atoms with Crippen LogP contribution in [0.1, 0.15) is 12.5 Å². The van der Waals surface area contributed by atoms with Crippen molar-refractivity contribution in [3.63, 3.8) is 0 Å². The number of hydrogen-bond donors (Lipinski definition) is 1. The molecule has 0 amide bonds. The van der Waals surface area contributed by atoms with Crippen molar-refractivity contribution in [3.8, 4) is 0 Å². The van der Waals surface area contributed by atoms with Gasteiger partial charge in [-0.1, -0.05) is 40.2 Å². The van der Waals surface area contributed by atoms with Crippen molar-refractivity contribution in [3.05, 3.63) is 46.4 Å². The van der Waals surface area contributed by atoms with Crippen molar-refractivity contribution < 1.29 is 0 Å². The SMILES string of the molecule is CC(N)Cc1ccc2ccc(Br)cc2c1. The van der Waals surface area contributed by atoms with Gasteiger partial charge in [0.1, 0.15) is 0 Å². The summed E-state index contributed by atoms with van der Waals surface area (Å²) in [5.74, 6) is 0. The first kappa shape index (κ1) is 10.7. The van der Waals surface area contributed by atoms with Crippen molar-refractivity contribution in [2.45, 2.75) is 19.4 Å². The molecular formula is C13H14BrN. The van der Waals surface area contributed by atoms with Gasteiger partial charge in [-0.2, -0.15) is 0 Å². The topological polar surface area (TPSA) is 26.0 Å². The van der Waals surface area contributed by atoms with Crippen molar-refractivity contribution in [1.29, 1.82) is 0 Å². The van der Waals surface area contributed by atoms with Crippen molar-refractivity contribution in [2.24, 2.45) is 5.73 Å². The van der Waals surface area contributed by atoms with Gasteiger partial charge in [-0.05, 0) is 41.8 Å². The Labute approximate surface area is 98.4 Å². The van der Waals surface area contributed by atoms with Gasteiger partial charge in [0.25, 0.3) is 0 Å². The molecule has 2 aromatic carbocycles. The Balaban J connectivity index is 2.45. The number of nitrogens with two attached hydrogens (primary N) is 1. The van der Waals surface area contributed by atoms with Crippen molar-refractivity contribution in [2.75, 3.05) is 0 Å². The van der Waals surface area contributed by atoms with Gasteiger partial charge < -0.3 is 5.73 Å². The predicted molar refractivity (Wildman–Crippen MR) is 69.0 cm³/mol. The summed E-state index contributed by atoms with van der Waals surface area (Å²) in [6.07, 6.45) is 0.933. The quantitative estimate of drug-likeness (QED) is 0.882. The lowest BCUT2D eigenvalue weighted by atomic mass is 10.0. The molecule has 1 atom stereocenters. The Hall–Kier alpha value is -0.860. The average molecular weight is 264 g/mol. The number of hydrogen-bond acceptors (Lipinski definition) is 1. The third-order valence-electron chi connectivity index (χ3n) is 2.42. The molecule has 0 spiro atoms. The molecule has 0 aromatic heterocycles. The Morgan fingerprint density at radius 2 is 1.87 bits per heavy atom. The van der Waals surface area contributed by atoms with E-state index in [1.165, 1.54) is 16.3 Å². The van der Waals surface area contributed by atoms with E-state index >= 15 is 0 Å². The molecule has 2 N–H and O–H groups in total. The second kappa shape index (κ2) is 4.33. The van der Waals surface area contributed by atoms with Crippen LogP contribution in [0.15, 0.2) is 40.9 Å². The maximum Gasteiger partial charge on any atom is 0.0181 e. The van der Waals surface area contributed by atoms with Gasteiger partial charge in [0.15, 0.2) is 0 Å². The summed E-state index contributed by atoms with van der Waals surface area (Å²) in [6, 6.07) is 13.1. The molecule has 0 fully saturated rings. The highest BCUT2D eigenvalue weighted by atomic mass is 79.9. The van der Waals surface area contributed by atoms with E-state index in [0.29, 0.717) is 0 Å². The van der Waals surface area contributed by atoms with Gasteiger partial charge in [0, 0.05) is 10.5 Å². The van der Waals surface area contributed by atoms with E-state index in [1.54, 1.807) is 0 Å². The molecule has 2 aromatic rings. The van der Waals surface area contributed by atoms with E-state index in [1.807, 2.05) is 6.92 Å². The third-order valence-corrected chi connectivity index (χ3v) is 2.92. The molecule has 2 rings (SSSR count). The van der Waals surface area contributed by atoms with Crippen LogP contribution < -0.4 is 5.73 Å². The molecule has 0 aliphatic rings. The zero-order valence-electron chi connectivity index (χ0n) is 8.70. The zero-order chi connectivity index (χ0) is 10.8. The fraction of sp³-hybridized carbons (Fsp3) is 0.231. The normalized spacial score (nSPS) is 13.0. The number of rotatable bonds is 2. The standard InChI is InChI=1S/C13H14BrN/c1-9(15)6-10-2-3-11-4-5-13(14)8-12(11)7-10/h2-5,7-9H,6,15H2,1H3. The minimum Gasteiger partial charge on any atom is -0.328 e. The maximum absolute atomic E-state index is 5.79. The number of fused-ring (bicyclic) bond motifs is 1. The van der Waals surface area contributed by atoms with Crippen LogP contribution in [0.4, 0.5) is 0 Å². The average Bonchev–Trinajstić information content (AvgIpc) is 2.16. The summed E-state index contributed by atoms with van der Waals surface area (Å²) in [4.78, 5) is 0. The van der Waals surface area contributed by atoms with Crippen LogP contribution in [0.5, 0.6) is 0 Å². The summed E-state index contributed by atoms with van der Waals surface area (Å²) in [5, 5.41) is 2.54. The molecule has 0 aliphatic heterocycles. The number of halogens is 1. The summed E-state index contributed by atoms with van der Waals surface area (Å²) in [7, 11) is 0. The van der Waals surface area contributed by atoms with Gasteiger partial charge in [-0.3, -0.25) is 0 Å². The van der Waals surface area contributed by atoms with Crippen molar-refractivity contribution >= 4 is 26.7 Å². The Morgan fingerprint density at radius 1 is 1.13 bits per heavy atom. The molecule has 2 heteroatoms. The third kappa shape index (κ3) is 2.58. The lowest BCUT2D eigenvalue weighted by Crippen LogP contribution is -2.17. The van der Waals surface area contributed by atoms with Gasteiger partial charge in [-0.25, -0.2) is 0 Å². The predicted octanol–water partition coefficient (Wildman–Crippen LogP) is 3.49. The Bertz CT molecular complexity index is 477. The van der Waals surface area contributed by atoms with Crippen LogP contribution in [0.2, 0.25) is 0 Å². The monoisotopic (exact) mass is 263 g/mol. The van der Waals surface area contributed by atoms with Gasteiger partial charge in [0.2, 0.25) is 0 Å². The molecule has 0 radical (unpaired) electrons. The fourth-order valence-electron chi connectivity index (χ4n) is 1.77. The highest BCUT2D eigenvalue weighted by Crippen LogP contribution is 2.21. The minimum absolute atomic E-state index is 0.217. The molecule has 1 unspecified atom stereocenters. The molecule has 78 valence electrons. The molecule has 0 saturated heterocycles. The van der Waals surface area contributed by atoms with Gasteiger partial charge in [0.05, 0.1) is 0 Å². The number of benzene rings is 2. The molecule has 15 heavy (non-hydrogen) atoms. The molecule has 1 nitrogen and oxygen atoms in total. The van der Waals surface area contributed by atoms with Crippen molar-refractivity contribution in [1.82, 2.24) is 0 Å². The van der Waals surface area contributed by atoms with Crippen LogP contribution in [0.25, 0.3) is 10.8 Å². The zero-order valence-corrected chi connectivity index (χ0v) is 10.3. The maximum atomic E-state index is 5.79. The van der Waals surface area contributed by atoms with Crippen LogP contribution in [0.3, 0.4) is 0 Å². The summed E-state index contributed by atoms with van der Waals surface area (Å²) < 4.78 is 1.12. The van der Waals surface area contributed by atoms with Crippen LogP contribution >= 0.6 is 15.9 Å². The Morgan fingerprint density at radius 3 is 2.60 bits per heavy atom. The fourth-order valence-corrected chi connectivity index (χ4v) is 2.14. The molecule has 0 aliphatic carbocycles. The lowest BCUT2D eigenvalue weighted by Gasteiger charge is -2.06. The first-order chi connectivity index (χ1) is 7.15.